The molecule has 0 aliphatic rings. The third-order valence-corrected chi connectivity index (χ3v) is 2.55. The van der Waals surface area contributed by atoms with E-state index in [1.54, 1.807) is 0 Å². The predicted octanol–water partition coefficient (Wildman–Crippen LogP) is 3.49. The van der Waals surface area contributed by atoms with Crippen LogP contribution in [0.15, 0.2) is 24.3 Å². The molecule has 0 aliphatic carbocycles. The molecule has 1 heterocycles. The van der Waals surface area contributed by atoms with E-state index in [9.17, 15) is 0 Å². The van der Waals surface area contributed by atoms with Crippen LogP contribution in [0.5, 0.6) is 0 Å². The van der Waals surface area contributed by atoms with Crippen molar-refractivity contribution in [1.29, 1.82) is 0 Å². The van der Waals surface area contributed by atoms with Crippen LogP contribution in [0.4, 0.5) is 0 Å². The molecule has 0 bridgehead atoms. The van der Waals surface area contributed by atoms with Crippen LogP contribution in [-0.2, 0) is 7.05 Å². The van der Waals surface area contributed by atoms with Gasteiger partial charge >= 0.3 is 0 Å². The van der Waals surface area contributed by atoms with Crippen LogP contribution < -0.4 is 0 Å². The smallest absolute Gasteiger partial charge is 0.109 e. The number of hydrogen-bond acceptors (Lipinski definition) is 0. The van der Waals surface area contributed by atoms with Gasteiger partial charge in [-0.2, -0.15) is 0 Å². The number of fused-ring (bicyclic) bond motifs is 1. The Balaban J connectivity index is 2.88. The van der Waals surface area contributed by atoms with Gasteiger partial charge in [0.25, 0.3) is 0 Å². The summed E-state index contributed by atoms with van der Waals surface area (Å²) in [6, 6.07) is 7.65. The van der Waals surface area contributed by atoms with E-state index in [0.29, 0.717) is 0 Å². The second-order valence-electron chi connectivity index (χ2n) is 2.73. The van der Waals surface area contributed by atoms with Gasteiger partial charge in [0.15, 0.2) is 0 Å². The molecule has 0 saturated carbocycles. The molecule has 62 valence electrons. The number of nitrogens with zero attached hydrogens (tertiary/aromatic N) is 1. The first-order valence-corrected chi connectivity index (χ1v) is 4.34. The monoisotopic (exact) mass is 199 g/mol. The zero-order chi connectivity index (χ0) is 8.72. The SMILES string of the molecule is Cn1c(Cl)cc2ccc(Cl)cc21. The third kappa shape index (κ3) is 1.10. The molecule has 3 heteroatoms. The highest BCUT2D eigenvalue weighted by molar-refractivity contribution is 6.32. The number of hydrogen-bond donors (Lipinski definition) is 0. The summed E-state index contributed by atoms with van der Waals surface area (Å²) in [5.74, 6) is 0. The van der Waals surface area contributed by atoms with Crippen molar-refractivity contribution in [3.8, 4) is 0 Å². The molecule has 1 nitrogen and oxygen atoms in total. The maximum atomic E-state index is 5.92. The molecule has 0 spiro atoms. The van der Waals surface area contributed by atoms with Gasteiger partial charge in [-0.1, -0.05) is 29.3 Å². The zero-order valence-corrected chi connectivity index (χ0v) is 8.02. The van der Waals surface area contributed by atoms with Gasteiger partial charge in [-0.3, -0.25) is 0 Å². The normalized spacial score (nSPS) is 10.9. The van der Waals surface area contributed by atoms with Crippen LogP contribution in [0.1, 0.15) is 0 Å². The summed E-state index contributed by atoms with van der Waals surface area (Å²) in [5, 5.41) is 2.58. The molecule has 1 aromatic carbocycles. The molecule has 1 aromatic heterocycles. The Kier molecular flexibility index (Phi) is 1.78. The standard InChI is InChI=1S/C9H7Cl2N/c1-12-8-5-7(10)3-2-6(8)4-9(12)11/h2-5H,1H3. The average Bonchev–Trinajstić information content (AvgIpc) is 2.31. The molecule has 2 aromatic rings. The Hall–Kier alpha value is -0.660. The number of halogens is 2. The first-order chi connectivity index (χ1) is 5.68. The lowest BCUT2D eigenvalue weighted by Crippen LogP contribution is -1.85. The summed E-state index contributed by atoms with van der Waals surface area (Å²) in [7, 11) is 1.92. The Bertz CT molecular complexity index is 431. The van der Waals surface area contributed by atoms with Crippen molar-refractivity contribution in [3.05, 3.63) is 34.4 Å². The van der Waals surface area contributed by atoms with Gasteiger partial charge in [-0.05, 0) is 18.2 Å². The van der Waals surface area contributed by atoms with Crippen LogP contribution in [-0.4, -0.2) is 4.57 Å². The lowest BCUT2D eigenvalue weighted by atomic mass is 10.2. The zero-order valence-electron chi connectivity index (χ0n) is 6.51. The number of benzene rings is 1. The molecule has 0 N–H and O–H groups in total. The van der Waals surface area contributed by atoms with Crippen LogP contribution in [0.2, 0.25) is 10.2 Å². The molecule has 0 aliphatic heterocycles. The van der Waals surface area contributed by atoms with Crippen molar-refractivity contribution in [2.24, 2.45) is 7.05 Å². The number of aromatic nitrogens is 1. The molecule has 0 saturated heterocycles. The van der Waals surface area contributed by atoms with E-state index in [1.165, 1.54) is 0 Å². The minimum atomic E-state index is 0.729. The third-order valence-electron chi connectivity index (χ3n) is 1.95. The van der Waals surface area contributed by atoms with E-state index in [-0.39, 0.29) is 0 Å². The van der Waals surface area contributed by atoms with Gasteiger partial charge in [0.2, 0.25) is 0 Å². The summed E-state index contributed by atoms with van der Waals surface area (Å²) >= 11 is 11.8. The number of rotatable bonds is 0. The van der Waals surface area contributed by atoms with E-state index in [1.807, 2.05) is 35.9 Å². The fraction of sp³-hybridized carbons (Fsp3) is 0.111. The van der Waals surface area contributed by atoms with Gasteiger partial charge < -0.3 is 4.57 Å². The van der Waals surface area contributed by atoms with Crippen LogP contribution in [0, 0.1) is 0 Å². The van der Waals surface area contributed by atoms with E-state index in [2.05, 4.69) is 0 Å². The summed E-state index contributed by atoms with van der Waals surface area (Å²) in [6.45, 7) is 0. The topological polar surface area (TPSA) is 4.93 Å². The average molecular weight is 200 g/mol. The first kappa shape index (κ1) is 7.96. The summed E-state index contributed by atoms with van der Waals surface area (Å²) in [6.07, 6.45) is 0. The Morgan fingerprint density at radius 3 is 2.67 bits per heavy atom. The van der Waals surface area contributed by atoms with Crippen molar-refractivity contribution in [3.63, 3.8) is 0 Å². The minimum absolute atomic E-state index is 0.729. The van der Waals surface area contributed by atoms with Crippen molar-refractivity contribution in [2.75, 3.05) is 0 Å². The predicted molar refractivity (Wildman–Crippen MR) is 52.9 cm³/mol. The summed E-state index contributed by atoms with van der Waals surface area (Å²) < 4.78 is 1.91. The van der Waals surface area contributed by atoms with Gasteiger partial charge in [-0.25, -0.2) is 0 Å². The Morgan fingerprint density at radius 2 is 1.92 bits per heavy atom. The van der Waals surface area contributed by atoms with E-state index >= 15 is 0 Å². The summed E-state index contributed by atoms with van der Waals surface area (Å²) in [5.41, 5.74) is 1.06. The lowest BCUT2D eigenvalue weighted by Gasteiger charge is -1.96. The van der Waals surface area contributed by atoms with Crippen molar-refractivity contribution >= 4 is 34.1 Å². The van der Waals surface area contributed by atoms with Crippen LogP contribution in [0.3, 0.4) is 0 Å². The molecule has 2 rings (SSSR count). The summed E-state index contributed by atoms with van der Waals surface area (Å²) in [4.78, 5) is 0. The minimum Gasteiger partial charge on any atom is -0.335 e. The highest BCUT2D eigenvalue weighted by Crippen LogP contribution is 2.24. The first-order valence-electron chi connectivity index (χ1n) is 3.59. The Labute approximate surface area is 80.5 Å². The molecule has 0 fully saturated rings. The van der Waals surface area contributed by atoms with Gasteiger partial charge in [0.1, 0.15) is 5.15 Å². The second kappa shape index (κ2) is 2.68. The Morgan fingerprint density at radius 1 is 1.17 bits per heavy atom. The highest BCUT2D eigenvalue weighted by Gasteiger charge is 2.02. The lowest BCUT2D eigenvalue weighted by molar-refractivity contribution is 0.970. The van der Waals surface area contributed by atoms with E-state index in [4.69, 9.17) is 23.2 Å². The fourth-order valence-corrected chi connectivity index (χ4v) is 1.64. The van der Waals surface area contributed by atoms with Gasteiger partial charge in [0.05, 0.1) is 5.52 Å². The largest absolute Gasteiger partial charge is 0.335 e. The maximum absolute atomic E-state index is 5.92. The van der Waals surface area contributed by atoms with E-state index < -0.39 is 0 Å². The highest BCUT2D eigenvalue weighted by atomic mass is 35.5. The van der Waals surface area contributed by atoms with Crippen molar-refractivity contribution < 1.29 is 0 Å². The van der Waals surface area contributed by atoms with Gasteiger partial charge in [-0.15, -0.1) is 0 Å². The quantitative estimate of drug-likeness (QED) is 0.613. The molecule has 12 heavy (non-hydrogen) atoms. The number of aryl methyl sites for hydroxylation is 1. The molecular formula is C9H7Cl2N. The fourth-order valence-electron chi connectivity index (χ4n) is 1.27. The molecular weight excluding hydrogens is 193 g/mol. The van der Waals surface area contributed by atoms with Crippen LogP contribution >= 0.6 is 23.2 Å². The van der Waals surface area contributed by atoms with Crippen LogP contribution in [0.25, 0.3) is 10.9 Å². The second-order valence-corrected chi connectivity index (χ2v) is 3.55. The van der Waals surface area contributed by atoms with Crippen molar-refractivity contribution in [1.82, 2.24) is 4.57 Å². The maximum Gasteiger partial charge on any atom is 0.109 e. The molecule has 0 radical (unpaired) electrons. The molecule has 0 amide bonds. The van der Waals surface area contributed by atoms with Gasteiger partial charge in [0, 0.05) is 17.5 Å². The van der Waals surface area contributed by atoms with E-state index in [0.717, 1.165) is 21.1 Å². The molecule has 0 unspecified atom stereocenters. The van der Waals surface area contributed by atoms with Crippen molar-refractivity contribution in [2.45, 2.75) is 0 Å². The molecule has 0 atom stereocenters.